The van der Waals surface area contributed by atoms with Crippen LogP contribution in [0, 0.1) is 13.8 Å². The minimum atomic E-state index is 0.220. The van der Waals surface area contributed by atoms with Crippen LogP contribution in [0.4, 0.5) is 5.69 Å². The summed E-state index contributed by atoms with van der Waals surface area (Å²) < 4.78 is 1.04. The van der Waals surface area contributed by atoms with Crippen molar-refractivity contribution < 1.29 is 4.79 Å². The number of piperazine rings is 1. The monoisotopic (exact) mass is 386 g/mol. The second-order valence-electron chi connectivity index (χ2n) is 6.46. The lowest BCUT2D eigenvalue weighted by Crippen LogP contribution is -2.49. The maximum absolute atomic E-state index is 12.5. The van der Waals surface area contributed by atoms with Crippen LogP contribution in [-0.2, 0) is 11.2 Å². The van der Waals surface area contributed by atoms with Gasteiger partial charge in [-0.05, 0) is 48.7 Å². The molecule has 1 aliphatic heterocycles. The molecular formula is C20H23BrN2O. The highest BCUT2D eigenvalue weighted by Crippen LogP contribution is 2.23. The number of hydrogen-bond donors (Lipinski definition) is 0. The van der Waals surface area contributed by atoms with Gasteiger partial charge in [-0.3, -0.25) is 4.79 Å². The van der Waals surface area contributed by atoms with E-state index in [1.165, 1.54) is 16.8 Å². The molecule has 0 radical (unpaired) electrons. The zero-order chi connectivity index (χ0) is 17.1. The van der Waals surface area contributed by atoms with Crippen molar-refractivity contribution in [2.75, 3.05) is 31.1 Å². The number of aryl methyl sites for hydroxylation is 2. The molecule has 1 saturated heterocycles. The normalized spacial score (nSPS) is 14.8. The van der Waals surface area contributed by atoms with Crippen LogP contribution in [0.1, 0.15) is 16.7 Å². The largest absolute Gasteiger partial charge is 0.368 e. The predicted octanol–water partition coefficient (Wildman–Crippen LogP) is 3.96. The average molecular weight is 387 g/mol. The zero-order valence-corrected chi connectivity index (χ0v) is 15.8. The molecular weight excluding hydrogens is 364 g/mol. The third kappa shape index (κ3) is 3.99. The molecule has 0 aliphatic carbocycles. The first-order valence-electron chi connectivity index (χ1n) is 8.37. The van der Waals surface area contributed by atoms with Crippen molar-refractivity contribution in [2.45, 2.75) is 20.3 Å². The van der Waals surface area contributed by atoms with E-state index in [0.717, 1.165) is 36.2 Å². The van der Waals surface area contributed by atoms with E-state index in [1.807, 2.05) is 29.2 Å². The number of benzene rings is 2. The summed E-state index contributed by atoms with van der Waals surface area (Å²) in [4.78, 5) is 16.9. The summed E-state index contributed by atoms with van der Waals surface area (Å²) in [6, 6.07) is 14.6. The molecule has 0 N–H and O–H groups in total. The van der Waals surface area contributed by atoms with E-state index >= 15 is 0 Å². The number of anilines is 1. The van der Waals surface area contributed by atoms with Gasteiger partial charge in [-0.1, -0.05) is 40.2 Å². The van der Waals surface area contributed by atoms with E-state index in [1.54, 1.807) is 0 Å². The Labute approximate surface area is 152 Å². The molecule has 1 fully saturated rings. The Morgan fingerprint density at radius 2 is 1.67 bits per heavy atom. The summed E-state index contributed by atoms with van der Waals surface area (Å²) in [7, 11) is 0. The first-order valence-corrected chi connectivity index (χ1v) is 9.16. The number of carbonyl (C=O) groups excluding carboxylic acids is 1. The molecule has 0 atom stereocenters. The molecule has 0 bridgehead atoms. The van der Waals surface area contributed by atoms with Gasteiger partial charge in [0.25, 0.3) is 0 Å². The number of hydrogen-bond acceptors (Lipinski definition) is 2. The summed E-state index contributed by atoms with van der Waals surface area (Å²) in [6.45, 7) is 7.67. The van der Waals surface area contributed by atoms with E-state index in [0.29, 0.717) is 6.42 Å². The fraction of sp³-hybridized carbons (Fsp3) is 0.350. The van der Waals surface area contributed by atoms with Crippen molar-refractivity contribution in [3.8, 4) is 0 Å². The second kappa shape index (κ2) is 7.39. The predicted molar refractivity (Wildman–Crippen MR) is 103 cm³/mol. The molecule has 126 valence electrons. The third-order valence-corrected chi connectivity index (χ3v) is 5.13. The van der Waals surface area contributed by atoms with Gasteiger partial charge in [0.2, 0.25) is 5.91 Å². The highest BCUT2D eigenvalue weighted by atomic mass is 79.9. The van der Waals surface area contributed by atoms with Gasteiger partial charge in [-0.2, -0.15) is 0 Å². The molecule has 24 heavy (non-hydrogen) atoms. The smallest absolute Gasteiger partial charge is 0.227 e. The Balaban J connectivity index is 1.59. The minimum absolute atomic E-state index is 0.220. The zero-order valence-electron chi connectivity index (χ0n) is 14.3. The minimum Gasteiger partial charge on any atom is -0.368 e. The maximum Gasteiger partial charge on any atom is 0.227 e. The molecule has 2 aromatic carbocycles. The van der Waals surface area contributed by atoms with Crippen LogP contribution in [0.3, 0.4) is 0 Å². The van der Waals surface area contributed by atoms with Crippen molar-refractivity contribution in [3.05, 3.63) is 63.6 Å². The number of nitrogens with zero attached hydrogens (tertiary/aromatic N) is 2. The Morgan fingerprint density at radius 3 is 2.33 bits per heavy atom. The lowest BCUT2D eigenvalue weighted by atomic mass is 10.1. The molecule has 1 heterocycles. The summed E-state index contributed by atoms with van der Waals surface area (Å²) in [6.07, 6.45) is 0.483. The molecule has 1 aliphatic rings. The Hall–Kier alpha value is -1.81. The Morgan fingerprint density at radius 1 is 1.00 bits per heavy atom. The van der Waals surface area contributed by atoms with E-state index in [9.17, 15) is 4.79 Å². The van der Waals surface area contributed by atoms with E-state index in [4.69, 9.17) is 0 Å². The molecule has 0 unspecified atom stereocenters. The fourth-order valence-corrected chi connectivity index (χ4v) is 3.41. The van der Waals surface area contributed by atoms with E-state index < -0.39 is 0 Å². The number of carbonyl (C=O) groups is 1. The van der Waals surface area contributed by atoms with Gasteiger partial charge in [-0.15, -0.1) is 0 Å². The quantitative estimate of drug-likeness (QED) is 0.796. The average Bonchev–Trinajstić information content (AvgIpc) is 2.59. The van der Waals surface area contributed by atoms with E-state index in [2.05, 4.69) is 52.9 Å². The number of halogens is 1. The van der Waals surface area contributed by atoms with Gasteiger partial charge in [0.15, 0.2) is 0 Å². The first-order chi connectivity index (χ1) is 11.5. The van der Waals surface area contributed by atoms with Gasteiger partial charge < -0.3 is 9.80 Å². The van der Waals surface area contributed by atoms with E-state index in [-0.39, 0.29) is 5.91 Å². The van der Waals surface area contributed by atoms with Gasteiger partial charge >= 0.3 is 0 Å². The second-order valence-corrected chi connectivity index (χ2v) is 7.38. The fourth-order valence-electron chi connectivity index (χ4n) is 3.15. The molecule has 2 aromatic rings. The summed E-state index contributed by atoms with van der Waals surface area (Å²) >= 11 is 3.43. The summed E-state index contributed by atoms with van der Waals surface area (Å²) in [5.41, 5.74) is 4.95. The van der Waals surface area contributed by atoms with Gasteiger partial charge in [0, 0.05) is 36.3 Å². The van der Waals surface area contributed by atoms with Crippen LogP contribution in [0.5, 0.6) is 0 Å². The third-order valence-electron chi connectivity index (χ3n) is 4.61. The van der Waals surface area contributed by atoms with Crippen LogP contribution in [0.25, 0.3) is 0 Å². The molecule has 0 aromatic heterocycles. The molecule has 0 spiro atoms. The lowest BCUT2D eigenvalue weighted by molar-refractivity contribution is -0.130. The highest BCUT2D eigenvalue weighted by Gasteiger charge is 2.22. The van der Waals surface area contributed by atoms with Crippen LogP contribution in [0.15, 0.2) is 46.9 Å². The van der Waals surface area contributed by atoms with Crippen LogP contribution < -0.4 is 4.90 Å². The maximum atomic E-state index is 12.5. The summed E-state index contributed by atoms with van der Waals surface area (Å²) in [5, 5.41) is 0. The summed E-state index contributed by atoms with van der Waals surface area (Å²) in [5.74, 6) is 0.220. The first kappa shape index (κ1) is 17.0. The molecule has 3 nitrogen and oxygen atoms in total. The van der Waals surface area contributed by atoms with Crippen molar-refractivity contribution in [3.63, 3.8) is 0 Å². The molecule has 4 heteroatoms. The standard InChI is InChI=1S/C20H23BrN2O/c1-15-3-4-16(2)19(13-15)22-9-11-23(12-10-22)20(24)14-17-5-7-18(21)8-6-17/h3-8,13H,9-12,14H2,1-2H3. The molecule has 0 saturated carbocycles. The van der Waals surface area contributed by atoms with Crippen molar-refractivity contribution in [1.82, 2.24) is 4.90 Å². The van der Waals surface area contributed by atoms with Crippen LogP contribution >= 0.6 is 15.9 Å². The topological polar surface area (TPSA) is 23.6 Å². The van der Waals surface area contributed by atoms with Crippen molar-refractivity contribution in [2.24, 2.45) is 0 Å². The Bertz CT molecular complexity index is 719. The number of rotatable bonds is 3. The SMILES string of the molecule is Cc1ccc(C)c(N2CCN(C(=O)Cc3ccc(Br)cc3)CC2)c1. The van der Waals surface area contributed by atoms with Crippen LogP contribution in [-0.4, -0.2) is 37.0 Å². The molecule has 1 amide bonds. The number of amides is 1. The molecule has 3 rings (SSSR count). The van der Waals surface area contributed by atoms with Gasteiger partial charge in [-0.25, -0.2) is 0 Å². The van der Waals surface area contributed by atoms with Crippen molar-refractivity contribution in [1.29, 1.82) is 0 Å². The van der Waals surface area contributed by atoms with Crippen molar-refractivity contribution >= 4 is 27.5 Å². The highest BCUT2D eigenvalue weighted by molar-refractivity contribution is 9.10. The van der Waals surface area contributed by atoms with Gasteiger partial charge in [0.1, 0.15) is 0 Å². The van der Waals surface area contributed by atoms with Crippen LogP contribution in [0.2, 0.25) is 0 Å². The Kier molecular flexibility index (Phi) is 5.24. The lowest BCUT2D eigenvalue weighted by Gasteiger charge is -2.37. The van der Waals surface area contributed by atoms with Gasteiger partial charge in [0.05, 0.1) is 6.42 Å².